The van der Waals surface area contributed by atoms with Gasteiger partial charge in [0.15, 0.2) is 0 Å². The fraction of sp³-hybridized carbons (Fsp3) is 0.583. The van der Waals surface area contributed by atoms with Crippen LogP contribution in [-0.2, 0) is 11.3 Å². The van der Waals surface area contributed by atoms with Crippen LogP contribution in [0.1, 0.15) is 29.8 Å². The van der Waals surface area contributed by atoms with Crippen molar-refractivity contribution in [3.63, 3.8) is 0 Å². The van der Waals surface area contributed by atoms with E-state index in [9.17, 15) is 9.59 Å². The van der Waals surface area contributed by atoms with Crippen LogP contribution in [0, 0.1) is 0 Å². The lowest BCUT2D eigenvalue weighted by Crippen LogP contribution is -2.43. The molecule has 2 amide bonds. The second kappa shape index (κ2) is 4.56. The van der Waals surface area contributed by atoms with E-state index in [4.69, 9.17) is 5.73 Å². The number of carbonyl (C=O) groups is 2. The summed E-state index contributed by atoms with van der Waals surface area (Å²) in [5.41, 5.74) is 5.72. The van der Waals surface area contributed by atoms with Crippen LogP contribution in [0.2, 0.25) is 0 Å². The molecule has 7 heteroatoms. The molecule has 1 unspecified atom stereocenters. The van der Waals surface area contributed by atoms with Crippen LogP contribution in [0.15, 0.2) is 6.20 Å². The minimum absolute atomic E-state index is 0.204. The van der Waals surface area contributed by atoms with Gasteiger partial charge in [-0.15, -0.1) is 0 Å². The average molecular weight is 263 g/mol. The van der Waals surface area contributed by atoms with Crippen molar-refractivity contribution >= 4 is 17.8 Å². The molecule has 19 heavy (non-hydrogen) atoms. The molecule has 2 aliphatic heterocycles. The van der Waals surface area contributed by atoms with Gasteiger partial charge in [0.1, 0.15) is 11.7 Å². The van der Waals surface area contributed by atoms with Gasteiger partial charge in [-0.1, -0.05) is 0 Å². The average Bonchev–Trinajstić information content (AvgIpc) is 3.04. The molecule has 1 aromatic rings. The second-order valence-corrected chi connectivity index (χ2v) is 4.98. The smallest absolute Gasteiger partial charge is 0.274 e. The highest BCUT2D eigenvalue weighted by Crippen LogP contribution is 2.21. The fourth-order valence-electron chi connectivity index (χ4n) is 2.73. The zero-order valence-electron chi connectivity index (χ0n) is 10.6. The van der Waals surface area contributed by atoms with Crippen molar-refractivity contribution in [1.82, 2.24) is 14.5 Å². The molecule has 0 saturated carbocycles. The van der Waals surface area contributed by atoms with Gasteiger partial charge in [0.25, 0.3) is 5.91 Å². The van der Waals surface area contributed by atoms with Crippen LogP contribution >= 0.6 is 0 Å². The molecule has 3 rings (SSSR count). The monoisotopic (exact) mass is 263 g/mol. The lowest BCUT2D eigenvalue weighted by atomic mass is 10.2. The first-order valence-corrected chi connectivity index (χ1v) is 6.58. The summed E-state index contributed by atoms with van der Waals surface area (Å²) >= 11 is 0. The molecule has 0 aliphatic carbocycles. The van der Waals surface area contributed by atoms with E-state index in [0.29, 0.717) is 18.7 Å². The first-order valence-electron chi connectivity index (χ1n) is 6.58. The summed E-state index contributed by atoms with van der Waals surface area (Å²) < 4.78 is 1.94. The maximum absolute atomic E-state index is 12.4. The Kier molecular flexibility index (Phi) is 2.88. The molecule has 3 N–H and O–H groups in total. The van der Waals surface area contributed by atoms with E-state index in [1.54, 1.807) is 6.20 Å². The van der Waals surface area contributed by atoms with E-state index in [1.165, 1.54) is 4.90 Å². The number of imidazole rings is 1. The number of aromatic nitrogens is 2. The van der Waals surface area contributed by atoms with Gasteiger partial charge in [0.05, 0.1) is 0 Å². The molecule has 0 aromatic carbocycles. The molecule has 1 saturated heterocycles. The first-order chi connectivity index (χ1) is 9.16. The molecule has 102 valence electrons. The summed E-state index contributed by atoms with van der Waals surface area (Å²) in [5.74, 6) is 0.0855. The van der Waals surface area contributed by atoms with Gasteiger partial charge in [-0.3, -0.25) is 9.59 Å². The molecule has 0 bridgehead atoms. The van der Waals surface area contributed by atoms with E-state index in [-0.39, 0.29) is 5.91 Å². The topological polar surface area (TPSA) is 93.3 Å². The lowest BCUT2D eigenvalue weighted by molar-refractivity contribution is -0.121. The third-order valence-corrected chi connectivity index (χ3v) is 3.70. The molecular weight excluding hydrogens is 246 g/mol. The Balaban J connectivity index is 1.83. The second-order valence-electron chi connectivity index (χ2n) is 4.98. The number of fused-ring (bicyclic) bond motifs is 1. The number of primary amides is 1. The Labute approximate surface area is 110 Å². The number of nitrogens with zero attached hydrogens (tertiary/aromatic N) is 3. The summed E-state index contributed by atoms with van der Waals surface area (Å²) in [6.07, 6.45) is 4.23. The highest BCUT2D eigenvalue weighted by Gasteiger charge is 2.34. The molecule has 1 fully saturated rings. The quantitative estimate of drug-likeness (QED) is 0.772. The van der Waals surface area contributed by atoms with Crippen LogP contribution in [-0.4, -0.2) is 45.4 Å². The van der Waals surface area contributed by atoms with Gasteiger partial charge in [0, 0.05) is 25.8 Å². The minimum atomic E-state index is -0.487. The lowest BCUT2D eigenvalue weighted by Gasteiger charge is -2.20. The standard InChI is InChI=1S/C12H17N5O2/c13-10(18)9-3-1-6-17(9)11(19)8-7-16-5-2-4-14-12(16)15-8/h7,9H,1-6H2,(H2,13,18)(H,14,15). The normalized spacial score (nSPS) is 21.9. The SMILES string of the molecule is NC(=O)C1CCCN1C(=O)c1cn2c(n1)NCCC2. The van der Waals surface area contributed by atoms with Gasteiger partial charge < -0.3 is 20.5 Å². The number of aryl methyl sites for hydroxylation is 1. The zero-order chi connectivity index (χ0) is 13.4. The number of amides is 2. The number of nitrogens with one attached hydrogen (secondary N) is 1. The van der Waals surface area contributed by atoms with Gasteiger partial charge in [0.2, 0.25) is 11.9 Å². The van der Waals surface area contributed by atoms with Gasteiger partial charge in [-0.05, 0) is 19.3 Å². The number of nitrogens with two attached hydrogens (primary N) is 1. The predicted molar refractivity (Wildman–Crippen MR) is 68.6 cm³/mol. The Bertz CT molecular complexity index is 501. The summed E-state index contributed by atoms with van der Waals surface area (Å²) in [7, 11) is 0. The molecule has 1 atom stereocenters. The van der Waals surface area contributed by atoms with E-state index in [2.05, 4.69) is 10.3 Å². The zero-order valence-corrected chi connectivity index (χ0v) is 10.6. The van der Waals surface area contributed by atoms with Gasteiger partial charge >= 0.3 is 0 Å². The Morgan fingerprint density at radius 2 is 2.21 bits per heavy atom. The van der Waals surface area contributed by atoms with Gasteiger partial charge in [-0.2, -0.15) is 0 Å². The number of hydrogen-bond donors (Lipinski definition) is 2. The summed E-state index contributed by atoms with van der Waals surface area (Å²) in [4.78, 5) is 29.6. The Hall–Kier alpha value is -2.05. The molecule has 2 aliphatic rings. The number of hydrogen-bond acceptors (Lipinski definition) is 4. The summed E-state index contributed by atoms with van der Waals surface area (Å²) in [5, 5.41) is 3.15. The highest BCUT2D eigenvalue weighted by atomic mass is 16.2. The van der Waals surface area contributed by atoms with Crippen molar-refractivity contribution < 1.29 is 9.59 Å². The van der Waals surface area contributed by atoms with Crippen molar-refractivity contribution in [1.29, 1.82) is 0 Å². The maximum Gasteiger partial charge on any atom is 0.274 e. The van der Waals surface area contributed by atoms with Crippen molar-refractivity contribution in [2.45, 2.75) is 31.8 Å². The number of likely N-dealkylation sites (tertiary alicyclic amines) is 1. The number of anilines is 1. The minimum Gasteiger partial charge on any atom is -0.368 e. The van der Waals surface area contributed by atoms with E-state index >= 15 is 0 Å². The van der Waals surface area contributed by atoms with E-state index in [1.807, 2.05) is 4.57 Å². The van der Waals surface area contributed by atoms with Crippen molar-refractivity contribution in [3.8, 4) is 0 Å². The fourth-order valence-corrected chi connectivity index (χ4v) is 2.73. The molecule has 7 nitrogen and oxygen atoms in total. The van der Waals surface area contributed by atoms with Crippen molar-refractivity contribution in [2.24, 2.45) is 5.73 Å². The Morgan fingerprint density at radius 3 is 2.95 bits per heavy atom. The molecule has 0 radical (unpaired) electrons. The number of rotatable bonds is 2. The summed E-state index contributed by atoms with van der Waals surface area (Å²) in [6.45, 7) is 2.31. The molecular formula is C12H17N5O2. The number of carbonyl (C=O) groups excluding carboxylic acids is 2. The molecule has 3 heterocycles. The predicted octanol–water partition coefficient (Wildman–Crippen LogP) is -0.211. The first kappa shape index (κ1) is 12.0. The third kappa shape index (κ3) is 2.05. The maximum atomic E-state index is 12.4. The van der Waals surface area contributed by atoms with Crippen LogP contribution < -0.4 is 11.1 Å². The van der Waals surface area contributed by atoms with Crippen LogP contribution in [0.3, 0.4) is 0 Å². The highest BCUT2D eigenvalue weighted by molar-refractivity contribution is 5.96. The van der Waals surface area contributed by atoms with Gasteiger partial charge in [-0.25, -0.2) is 4.98 Å². The summed E-state index contributed by atoms with van der Waals surface area (Å²) in [6, 6.07) is -0.487. The van der Waals surface area contributed by atoms with Crippen molar-refractivity contribution in [3.05, 3.63) is 11.9 Å². The third-order valence-electron chi connectivity index (χ3n) is 3.70. The largest absolute Gasteiger partial charge is 0.368 e. The molecule has 1 aromatic heterocycles. The van der Waals surface area contributed by atoms with E-state index in [0.717, 1.165) is 31.9 Å². The Morgan fingerprint density at radius 1 is 1.37 bits per heavy atom. The van der Waals surface area contributed by atoms with Crippen LogP contribution in [0.4, 0.5) is 5.95 Å². The molecule has 0 spiro atoms. The van der Waals surface area contributed by atoms with Crippen molar-refractivity contribution in [2.75, 3.05) is 18.4 Å². The van der Waals surface area contributed by atoms with Crippen LogP contribution in [0.5, 0.6) is 0 Å². The van der Waals surface area contributed by atoms with Crippen LogP contribution in [0.25, 0.3) is 0 Å². The van der Waals surface area contributed by atoms with E-state index < -0.39 is 11.9 Å².